The van der Waals surface area contributed by atoms with Gasteiger partial charge < -0.3 is 15.3 Å². The first kappa shape index (κ1) is 20.7. The van der Waals surface area contributed by atoms with E-state index in [1.807, 2.05) is 48.5 Å². The van der Waals surface area contributed by atoms with Crippen molar-refractivity contribution in [2.45, 2.75) is 25.4 Å². The molecule has 5 rings (SSSR count). The molecule has 0 spiro atoms. The first-order valence-corrected chi connectivity index (χ1v) is 10.8. The van der Waals surface area contributed by atoms with Gasteiger partial charge in [0.25, 0.3) is 5.91 Å². The molecular weight excluding hydrogens is 418 g/mol. The number of phenolic OH excluding ortho intramolecular Hbond substituents is 1. The van der Waals surface area contributed by atoms with Crippen LogP contribution in [-0.2, 0) is 11.3 Å². The predicted octanol–water partition coefficient (Wildman–Crippen LogP) is 3.05. The Bertz CT molecular complexity index is 1300. The van der Waals surface area contributed by atoms with E-state index in [4.69, 9.17) is 0 Å². The van der Waals surface area contributed by atoms with E-state index >= 15 is 0 Å². The molecule has 166 valence electrons. The molecule has 1 unspecified atom stereocenters. The van der Waals surface area contributed by atoms with Crippen molar-refractivity contribution in [1.82, 2.24) is 25.0 Å². The van der Waals surface area contributed by atoms with Gasteiger partial charge in [0, 0.05) is 18.5 Å². The number of hydrogen-bond acceptors (Lipinski definition) is 5. The second kappa shape index (κ2) is 8.74. The molecule has 1 aliphatic rings. The van der Waals surface area contributed by atoms with Gasteiger partial charge in [0.1, 0.15) is 24.4 Å². The van der Waals surface area contributed by atoms with Gasteiger partial charge in [0.05, 0.1) is 11.3 Å². The lowest BCUT2D eigenvalue weighted by Crippen LogP contribution is -2.45. The van der Waals surface area contributed by atoms with Crippen LogP contribution in [0.5, 0.6) is 5.75 Å². The smallest absolute Gasteiger partial charge is 0.258 e. The molecule has 3 aromatic carbocycles. The lowest BCUT2D eigenvalue weighted by atomic mass is 10.0. The Hall–Kier alpha value is -4.20. The molecule has 1 aromatic heterocycles. The fourth-order valence-corrected chi connectivity index (χ4v) is 4.28. The highest BCUT2D eigenvalue weighted by Crippen LogP contribution is 2.31. The maximum Gasteiger partial charge on any atom is 0.258 e. The quantitative estimate of drug-likeness (QED) is 0.496. The van der Waals surface area contributed by atoms with Crippen LogP contribution < -0.4 is 5.32 Å². The molecule has 1 fully saturated rings. The fourth-order valence-electron chi connectivity index (χ4n) is 4.28. The Morgan fingerprint density at radius 3 is 2.67 bits per heavy atom. The number of benzene rings is 3. The molecule has 2 amide bonds. The zero-order valence-corrected chi connectivity index (χ0v) is 17.9. The molecule has 4 aromatic rings. The van der Waals surface area contributed by atoms with E-state index < -0.39 is 6.04 Å². The van der Waals surface area contributed by atoms with Gasteiger partial charge >= 0.3 is 0 Å². The number of carbonyl (C=O) groups excluding carboxylic acids is 2. The van der Waals surface area contributed by atoms with Crippen LogP contribution in [0, 0.1) is 0 Å². The van der Waals surface area contributed by atoms with E-state index in [1.165, 1.54) is 6.33 Å². The lowest BCUT2D eigenvalue weighted by molar-refractivity contribution is -0.125. The monoisotopic (exact) mass is 441 g/mol. The zero-order chi connectivity index (χ0) is 22.8. The van der Waals surface area contributed by atoms with E-state index in [0.717, 1.165) is 23.1 Å². The molecule has 1 atom stereocenters. The summed E-state index contributed by atoms with van der Waals surface area (Å²) in [4.78, 5) is 31.6. The summed E-state index contributed by atoms with van der Waals surface area (Å²) < 4.78 is 1.66. The third-order valence-corrected chi connectivity index (χ3v) is 6.03. The molecule has 0 radical (unpaired) electrons. The summed E-state index contributed by atoms with van der Waals surface area (Å²) in [7, 11) is 0. The van der Waals surface area contributed by atoms with Crippen molar-refractivity contribution < 1.29 is 14.7 Å². The Kier molecular flexibility index (Phi) is 5.48. The number of carbonyl (C=O) groups is 2. The summed E-state index contributed by atoms with van der Waals surface area (Å²) in [5.41, 5.74) is 2.04. The Morgan fingerprint density at radius 1 is 1.06 bits per heavy atom. The maximum absolute atomic E-state index is 13.2. The number of phenols is 1. The van der Waals surface area contributed by atoms with Crippen molar-refractivity contribution in [2.75, 3.05) is 6.54 Å². The minimum atomic E-state index is -0.558. The first-order chi connectivity index (χ1) is 16.1. The van der Waals surface area contributed by atoms with E-state index in [2.05, 4.69) is 15.4 Å². The minimum Gasteiger partial charge on any atom is -0.506 e. The molecule has 8 nitrogen and oxygen atoms in total. The van der Waals surface area contributed by atoms with Crippen molar-refractivity contribution in [3.05, 3.63) is 84.4 Å². The van der Waals surface area contributed by atoms with Crippen molar-refractivity contribution in [2.24, 2.45) is 0 Å². The van der Waals surface area contributed by atoms with Gasteiger partial charge in [-0.3, -0.25) is 9.59 Å². The standard InChI is InChI=1S/C25H23N5O3/c31-23-20-5-2-1-4-18(20)9-12-21(23)25(33)29-13-3-6-22(29)24(32)27-14-17-7-10-19(11-8-17)30-16-26-15-28-30/h1-2,4-5,7-12,15-16,22,31H,3,6,13-14H2,(H,27,32). The molecule has 33 heavy (non-hydrogen) atoms. The first-order valence-electron chi connectivity index (χ1n) is 10.8. The minimum absolute atomic E-state index is 0.0448. The summed E-state index contributed by atoms with van der Waals surface area (Å²) in [5, 5.41) is 19.2. The SMILES string of the molecule is O=C(NCc1ccc(-n2cncn2)cc1)C1CCCN1C(=O)c1ccc2ccccc2c1O. The van der Waals surface area contributed by atoms with Crippen molar-refractivity contribution in [3.63, 3.8) is 0 Å². The molecule has 1 saturated heterocycles. The molecule has 8 heteroatoms. The highest BCUT2D eigenvalue weighted by molar-refractivity contribution is 6.05. The van der Waals surface area contributed by atoms with Gasteiger partial charge in [0.15, 0.2) is 0 Å². The van der Waals surface area contributed by atoms with Crippen molar-refractivity contribution in [1.29, 1.82) is 0 Å². The third-order valence-electron chi connectivity index (χ3n) is 6.03. The Labute approximate surface area is 190 Å². The van der Waals surface area contributed by atoms with Gasteiger partial charge in [-0.15, -0.1) is 0 Å². The number of amides is 2. The van der Waals surface area contributed by atoms with Gasteiger partial charge in [-0.2, -0.15) is 5.10 Å². The number of likely N-dealkylation sites (tertiary alicyclic amines) is 1. The second-order valence-electron chi connectivity index (χ2n) is 8.06. The molecule has 2 N–H and O–H groups in total. The molecular formula is C25H23N5O3. The third kappa shape index (κ3) is 4.03. The van der Waals surface area contributed by atoms with Gasteiger partial charge in [-0.1, -0.05) is 42.5 Å². The van der Waals surface area contributed by atoms with Gasteiger partial charge in [0.2, 0.25) is 5.91 Å². The van der Waals surface area contributed by atoms with Crippen molar-refractivity contribution in [3.8, 4) is 11.4 Å². The zero-order valence-electron chi connectivity index (χ0n) is 17.9. The highest BCUT2D eigenvalue weighted by atomic mass is 16.3. The molecule has 0 aliphatic carbocycles. The molecule has 0 bridgehead atoms. The van der Waals surface area contributed by atoms with E-state index in [9.17, 15) is 14.7 Å². The van der Waals surface area contributed by atoms with Crippen LogP contribution in [0.2, 0.25) is 0 Å². The van der Waals surface area contributed by atoms with Crippen LogP contribution >= 0.6 is 0 Å². The molecule has 0 saturated carbocycles. The van der Waals surface area contributed by atoms with Crippen LogP contribution in [0.15, 0.2) is 73.3 Å². The maximum atomic E-state index is 13.2. The number of aromatic nitrogens is 3. The van der Waals surface area contributed by atoms with Crippen LogP contribution in [0.1, 0.15) is 28.8 Å². The van der Waals surface area contributed by atoms with E-state index in [0.29, 0.717) is 24.9 Å². The molecule has 1 aliphatic heterocycles. The topological polar surface area (TPSA) is 100 Å². The van der Waals surface area contributed by atoms with Crippen LogP contribution in [0.25, 0.3) is 16.5 Å². The predicted molar refractivity (Wildman–Crippen MR) is 123 cm³/mol. The summed E-state index contributed by atoms with van der Waals surface area (Å²) in [6.45, 7) is 0.839. The fraction of sp³-hybridized carbons (Fsp3) is 0.200. The highest BCUT2D eigenvalue weighted by Gasteiger charge is 2.35. The van der Waals surface area contributed by atoms with Crippen LogP contribution in [0.4, 0.5) is 0 Å². The van der Waals surface area contributed by atoms with Crippen LogP contribution in [-0.4, -0.2) is 49.2 Å². The lowest BCUT2D eigenvalue weighted by Gasteiger charge is -2.24. The van der Waals surface area contributed by atoms with Gasteiger partial charge in [-0.05, 0) is 42.0 Å². The Morgan fingerprint density at radius 2 is 1.88 bits per heavy atom. The largest absolute Gasteiger partial charge is 0.506 e. The summed E-state index contributed by atoms with van der Waals surface area (Å²) in [6, 6.07) is 17.9. The Balaban J connectivity index is 1.27. The summed E-state index contributed by atoms with van der Waals surface area (Å²) in [5.74, 6) is -0.564. The summed E-state index contributed by atoms with van der Waals surface area (Å²) >= 11 is 0. The number of rotatable bonds is 5. The van der Waals surface area contributed by atoms with E-state index in [-0.39, 0.29) is 23.1 Å². The number of hydrogen-bond donors (Lipinski definition) is 2. The normalized spacial score (nSPS) is 15.6. The average molecular weight is 441 g/mol. The van der Waals surface area contributed by atoms with E-state index in [1.54, 1.807) is 28.0 Å². The average Bonchev–Trinajstić information content (AvgIpc) is 3.56. The number of aromatic hydroxyl groups is 1. The van der Waals surface area contributed by atoms with Gasteiger partial charge in [-0.25, -0.2) is 9.67 Å². The second-order valence-corrected chi connectivity index (χ2v) is 8.06. The number of nitrogens with one attached hydrogen (secondary N) is 1. The van der Waals surface area contributed by atoms with Crippen molar-refractivity contribution >= 4 is 22.6 Å². The van der Waals surface area contributed by atoms with Crippen LogP contribution in [0.3, 0.4) is 0 Å². The number of fused-ring (bicyclic) bond motifs is 1. The molecule has 2 heterocycles. The summed E-state index contributed by atoms with van der Waals surface area (Å²) in [6.07, 6.45) is 4.43. The number of nitrogens with zero attached hydrogens (tertiary/aromatic N) is 4.